The van der Waals surface area contributed by atoms with Crippen LogP contribution in [-0.4, -0.2) is 37.4 Å². The number of nitrogens with one attached hydrogen (secondary N) is 1. The van der Waals surface area contributed by atoms with Crippen LogP contribution in [0.3, 0.4) is 0 Å². The Morgan fingerprint density at radius 3 is 2.65 bits per heavy atom. The van der Waals surface area contributed by atoms with Crippen molar-refractivity contribution >= 4 is 17.5 Å². The van der Waals surface area contributed by atoms with Crippen LogP contribution in [0.5, 0.6) is 0 Å². The molecule has 92 valence electrons. The van der Waals surface area contributed by atoms with E-state index in [1.165, 1.54) is 26.2 Å². The van der Waals surface area contributed by atoms with E-state index in [4.69, 9.17) is 5.73 Å². The Morgan fingerprint density at radius 2 is 2.12 bits per heavy atom. The van der Waals surface area contributed by atoms with Crippen LogP contribution in [0.4, 0.5) is 10.1 Å². The Hall–Kier alpha value is -2.11. The standard InChI is InChI=1S/C11H14FN3O2/c1-14-10(16)6-15(2)11(17)8-4-3-7(13)5-9(8)12/h3-5H,6,13H2,1-2H3,(H,14,16). The Bertz CT molecular complexity index is 448. The van der Waals surface area contributed by atoms with Gasteiger partial charge in [-0.3, -0.25) is 9.59 Å². The molecule has 1 aromatic carbocycles. The minimum absolute atomic E-state index is 0.106. The molecule has 0 aliphatic heterocycles. The molecule has 5 nitrogen and oxygen atoms in total. The van der Waals surface area contributed by atoms with E-state index in [0.29, 0.717) is 0 Å². The van der Waals surface area contributed by atoms with Gasteiger partial charge >= 0.3 is 0 Å². The molecule has 17 heavy (non-hydrogen) atoms. The van der Waals surface area contributed by atoms with Crippen molar-refractivity contribution in [1.82, 2.24) is 10.2 Å². The molecule has 0 saturated heterocycles. The van der Waals surface area contributed by atoms with Crippen LogP contribution in [0, 0.1) is 5.82 Å². The number of nitrogens with zero attached hydrogens (tertiary/aromatic N) is 1. The fourth-order valence-corrected chi connectivity index (χ4v) is 1.28. The molecule has 1 aromatic rings. The summed E-state index contributed by atoms with van der Waals surface area (Å²) < 4.78 is 13.5. The van der Waals surface area contributed by atoms with Crippen LogP contribution in [0.2, 0.25) is 0 Å². The molecule has 6 heteroatoms. The second-order valence-electron chi connectivity index (χ2n) is 3.57. The van der Waals surface area contributed by atoms with E-state index in [1.807, 2.05) is 0 Å². The van der Waals surface area contributed by atoms with Crippen molar-refractivity contribution in [2.24, 2.45) is 0 Å². The van der Waals surface area contributed by atoms with E-state index in [-0.39, 0.29) is 23.7 Å². The zero-order valence-corrected chi connectivity index (χ0v) is 9.66. The Labute approximate surface area is 98.4 Å². The van der Waals surface area contributed by atoms with Crippen molar-refractivity contribution in [3.8, 4) is 0 Å². The van der Waals surface area contributed by atoms with Crippen molar-refractivity contribution in [3.05, 3.63) is 29.6 Å². The normalized spacial score (nSPS) is 9.82. The molecule has 2 amide bonds. The first kappa shape index (κ1) is 13.0. The molecule has 0 aliphatic rings. The summed E-state index contributed by atoms with van der Waals surface area (Å²) in [5.41, 5.74) is 5.51. The Kier molecular flexibility index (Phi) is 4.03. The van der Waals surface area contributed by atoms with Gasteiger partial charge in [-0.2, -0.15) is 0 Å². The number of likely N-dealkylation sites (N-methyl/N-ethyl adjacent to an activating group) is 2. The van der Waals surface area contributed by atoms with Gasteiger partial charge < -0.3 is 16.0 Å². The molecule has 0 bridgehead atoms. The molecule has 0 fully saturated rings. The molecule has 0 aromatic heterocycles. The number of hydrogen-bond acceptors (Lipinski definition) is 3. The summed E-state index contributed by atoms with van der Waals surface area (Å²) in [4.78, 5) is 24.0. The van der Waals surface area contributed by atoms with Gasteiger partial charge in [0.25, 0.3) is 5.91 Å². The molecule has 0 atom stereocenters. The highest BCUT2D eigenvalue weighted by Crippen LogP contribution is 2.13. The quantitative estimate of drug-likeness (QED) is 0.741. The van der Waals surface area contributed by atoms with Gasteiger partial charge in [0.15, 0.2) is 0 Å². The fourth-order valence-electron chi connectivity index (χ4n) is 1.28. The van der Waals surface area contributed by atoms with Gasteiger partial charge in [0, 0.05) is 19.8 Å². The lowest BCUT2D eigenvalue weighted by atomic mass is 10.1. The third kappa shape index (κ3) is 3.17. The number of carbonyl (C=O) groups excluding carboxylic acids is 2. The number of nitrogen functional groups attached to an aromatic ring is 1. The Morgan fingerprint density at radius 1 is 1.47 bits per heavy atom. The highest BCUT2D eigenvalue weighted by molar-refractivity contribution is 5.96. The number of anilines is 1. The zero-order valence-electron chi connectivity index (χ0n) is 9.66. The van der Waals surface area contributed by atoms with Gasteiger partial charge in [-0.25, -0.2) is 4.39 Å². The van der Waals surface area contributed by atoms with Gasteiger partial charge in [-0.15, -0.1) is 0 Å². The first-order chi connectivity index (χ1) is 7.95. The highest BCUT2D eigenvalue weighted by atomic mass is 19.1. The lowest BCUT2D eigenvalue weighted by Gasteiger charge is -2.16. The summed E-state index contributed by atoms with van der Waals surface area (Å²) in [5, 5.41) is 2.38. The minimum Gasteiger partial charge on any atom is -0.399 e. The lowest BCUT2D eigenvalue weighted by molar-refractivity contribution is -0.121. The van der Waals surface area contributed by atoms with E-state index in [2.05, 4.69) is 5.32 Å². The molecular weight excluding hydrogens is 225 g/mol. The maximum absolute atomic E-state index is 13.5. The summed E-state index contributed by atoms with van der Waals surface area (Å²) in [7, 11) is 2.89. The molecule has 0 saturated carbocycles. The molecule has 0 aliphatic carbocycles. The zero-order chi connectivity index (χ0) is 13.0. The number of rotatable bonds is 3. The van der Waals surface area contributed by atoms with Crippen molar-refractivity contribution in [3.63, 3.8) is 0 Å². The highest BCUT2D eigenvalue weighted by Gasteiger charge is 2.17. The second-order valence-corrected chi connectivity index (χ2v) is 3.57. The van der Waals surface area contributed by atoms with Gasteiger partial charge in [0.2, 0.25) is 5.91 Å². The number of halogens is 1. The van der Waals surface area contributed by atoms with Gasteiger partial charge in [0.05, 0.1) is 12.1 Å². The number of amides is 2. The third-order valence-electron chi connectivity index (χ3n) is 2.23. The lowest BCUT2D eigenvalue weighted by Crippen LogP contribution is -2.37. The monoisotopic (exact) mass is 239 g/mol. The smallest absolute Gasteiger partial charge is 0.257 e. The summed E-state index contributed by atoms with van der Waals surface area (Å²) in [6.07, 6.45) is 0. The van der Waals surface area contributed by atoms with E-state index in [9.17, 15) is 14.0 Å². The minimum atomic E-state index is -0.696. The van der Waals surface area contributed by atoms with E-state index < -0.39 is 11.7 Å². The Balaban J connectivity index is 2.85. The predicted octanol–water partition coefficient (Wildman–Crippen LogP) is 0.226. The van der Waals surface area contributed by atoms with Crippen molar-refractivity contribution in [2.75, 3.05) is 26.4 Å². The van der Waals surface area contributed by atoms with Crippen LogP contribution in [0.15, 0.2) is 18.2 Å². The predicted molar refractivity (Wildman–Crippen MR) is 61.8 cm³/mol. The SMILES string of the molecule is CNC(=O)CN(C)C(=O)c1ccc(N)cc1F. The topological polar surface area (TPSA) is 75.4 Å². The second kappa shape index (κ2) is 5.29. The van der Waals surface area contributed by atoms with Gasteiger partial charge in [-0.05, 0) is 18.2 Å². The number of carbonyl (C=O) groups is 2. The summed E-state index contributed by atoms with van der Waals surface area (Å²) in [5.74, 6) is -1.58. The molecule has 1 rings (SSSR count). The van der Waals surface area contributed by atoms with E-state index in [0.717, 1.165) is 11.0 Å². The maximum Gasteiger partial charge on any atom is 0.257 e. The van der Waals surface area contributed by atoms with Crippen LogP contribution >= 0.6 is 0 Å². The number of hydrogen-bond donors (Lipinski definition) is 2. The van der Waals surface area contributed by atoms with Crippen molar-refractivity contribution in [1.29, 1.82) is 0 Å². The molecule has 0 heterocycles. The maximum atomic E-state index is 13.5. The van der Waals surface area contributed by atoms with E-state index >= 15 is 0 Å². The van der Waals surface area contributed by atoms with Gasteiger partial charge in [0.1, 0.15) is 5.82 Å². The molecule has 0 spiro atoms. The molecule has 3 N–H and O–H groups in total. The summed E-state index contributed by atoms with van der Waals surface area (Å²) in [6.45, 7) is -0.126. The van der Waals surface area contributed by atoms with Crippen LogP contribution in [0.25, 0.3) is 0 Å². The van der Waals surface area contributed by atoms with Crippen LogP contribution in [0.1, 0.15) is 10.4 Å². The fraction of sp³-hybridized carbons (Fsp3) is 0.273. The first-order valence-electron chi connectivity index (χ1n) is 4.96. The van der Waals surface area contributed by atoms with Crippen molar-refractivity contribution < 1.29 is 14.0 Å². The molecular formula is C11H14FN3O2. The van der Waals surface area contributed by atoms with E-state index in [1.54, 1.807) is 0 Å². The largest absolute Gasteiger partial charge is 0.399 e. The van der Waals surface area contributed by atoms with Crippen molar-refractivity contribution in [2.45, 2.75) is 0 Å². The molecule has 0 radical (unpaired) electrons. The summed E-state index contributed by atoms with van der Waals surface area (Å²) in [6, 6.07) is 3.80. The molecule has 0 unspecified atom stereocenters. The first-order valence-corrected chi connectivity index (χ1v) is 4.96. The average Bonchev–Trinajstić information content (AvgIpc) is 2.28. The summed E-state index contributed by atoms with van der Waals surface area (Å²) >= 11 is 0. The number of benzene rings is 1. The van der Waals surface area contributed by atoms with Gasteiger partial charge in [-0.1, -0.05) is 0 Å². The average molecular weight is 239 g/mol. The third-order valence-corrected chi connectivity index (χ3v) is 2.23. The van der Waals surface area contributed by atoms with Crippen LogP contribution < -0.4 is 11.1 Å². The van der Waals surface area contributed by atoms with Crippen LogP contribution in [-0.2, 0) is 4.79 Å². The number of nitrogens with two attached hydrogens (primary N) is 1.